The normalized spacial score (nSPS) is 10.5. The topological polar surface area (TPSA) is 66.2 Å². The molecule has 0 fully saturated rings. The van der Waals surface area contributed by atoms with E-state index in [-0.39, 0.29) is 11.5 Å². The van der Waals surface area contributed by atoms with Crippen molar-refractivity contribution in [2.75, 3.05) is 0 Å². The predicted octanol–water partition coefficient (Wildman–Crippen LogP) is 4.68. The standard InChI is InChI=1S/C22H20N2O2/c1-3-5-15-13-17(7-9-19(15)25)21-22(24-12-11-23-21)18-8-10-20(26)16(14-18)6-4-2/h3-4,7-14,25-26H,1-2,5-6H2. The summed E-state index contributed by atoms with van der Waals surface area (Å²) >= 11 is 0. The van der Waals surface area contributed by atoms with Gasteiger partial charge in [0, 0.05) is 23.5 Å². The van der Waals surface area contributed by atoms with E-state index in [9.17, 15) is 10.2 Å². The van der Waals surface area contributed by atoms with E-state index < -0.39 is 0 Å². The van der Waals surface area contributed by atoms with Crippen LogP contribution in [0.3, 0.4) is 0 Å². The third kappa shape index (κ3) is 3.49. The first-order valence-corrected chi connectivity index (χ1v) is 8.31. The minimum atomic E-state index is 0.233. The Morgan fingerprint density at radius 2 is 1.15 bits per heavy atom. The maximum atomic E-state index is 10.0. The molecular formula is C22H20N2O2. The van der Waals surface area contributed by atoms with Crippen LogP contribution in [0.1, 0.15) is 11.1 Å². The molecule has 0 atom stereocenters. The molecule has 0 radical (unpaired) electrons. The third-order valence-corrected chi connectivity index (χ3v) is 4.13. The van der Waals surface area contributed by atoms with Gasteiger partial charge in [-0.15, -0.1) is 13.2 Å². The summed E-state index contributed by atoms with van der Waals surface area (Å²) < 4.78 is 0. The molecule has 3 aromatic rings. The maximum absolute atomic E-state index is 10.0. The molecule has 0 amide bonds. The van der Waals surface area contributed by atoms with Crippen molar-refractivity contribution in [1.82, 2.24) is 9.97 Å². The van der Waals surface area contributed by atoms with Crippen molar-refractivity contribution in [3.05, 3.63) is 85.2 Å². The Kier molecular flexibility index (Phi) is 5.13. The zero-order valence-electron chi connectivity index (χ0n) is 14.4. The van der Waals surface area contributed by atoms with Gasteiger partial charge in [0.2, 0.25) is 0 Å². The van der Waals surface area contributed by atoms with Gasteiger partial charge in [0.05, 0.1) is 11.4 Å². The lowest BCUT2D eigenvalue weighted by Crippen LogP contribution is -1.95. The Balaban J connectivity index is 2.13. The molecule has 0 aliphatic rings. The van der Waals surface area contributed by atoms with E-state index >= 15 is 0 Å². The summed E-state index contributed by atoms with van der Waals surface area (Å²) in [6.07, 6.45) is 7.92. The highest BCUT2D eigenvalue weighted by atomic mass is 16.3. The fraction of sp³-hybridized carbons (Fsp3) is 0.0909. The van der Waals surface area contributed by atoms with Gasteiger partial charge in [-0.05, 0) is 60.4 Å². The Labute approximate surface area is 152 Å². The van der Waals surface area contributed by atoms with Gasteiger partial charge in [-0.2, -0.15) is 0 Å². The lowest BCUT2D eigenvalue weighted by molar-refractivity contribution is 0.469. The van der Waals surface area contributed by atoms with Crippen molar-refractivity contribution in [3.63, 3.8) is 0 Å². The summed E-state index contributed by atoms with van der Waals surface area (Å²) in [5.74, 6) is 0.467. The van der Waals surface area contributed by atoms with Gasteiger partial charge < -0.3 is 10.2 Å². The number of allylic oxidation sites excluding steroid dienone is 2. The summed E-state index contributed by atoms with van der Waals surface area (Å²) in [7, 11) is 0. The van der Waals surface area contributed by atoms with Crippen LogP contribution in [0.25, 0.3) is 22.5 Å². The molecule has 2 N–H and O–H groups in total. The molecular weight excluding hydrogens is 324 g/mol. The molecule has 1 heterocycles. The average molecular weight is 344 g/mol. The van der Waals surface area contributed by atoms with E-state index in [2.05, 4.69) is 23.1 Å². The third-order valence-electron chi connectivity index (χ3n) is 4.13. The second kappa shape index (κ2) is 7.66. The average Bonchev–Trinajstić information content (AvgIpc) is 2.66. The number of benzene rings is 2. The fourth-order valence-electron chi connectivity index (χ4n) is 2.86. The zero-order chi connectivity index (χ0) is 18.5. The molecule has 0 saturated carbocycles. The first kappa shape index (κ1) is 17.4. The monoisotopic (exact) mass is 344 g/mol. The van der Waals surface area contributed by atoms with Crippen LogP contribution in [-0.2, 0) is 12.8 Å². The summed E-state index contributed by atoms with van der Waals surface area (Å²) in [6, 6.07) is 10.8. The first-order valence-electron chi connectivity index (χ1n) is 8.31. The van der Waals surface area contributed by atoms with Crippen LogP contribution in [-0.4, -0.2) is 20.2 Å². The SMILES string of the molecule is C=CCc1cc(-c2nccnc2-c2ccc(O)c(CC=C)c2)ccc1O. The lowest BCUT2D eigenvalue weighted by Gasteiger charge is -2.11. The van der Waals surface area contributed by atoms with Gasteiger partial charge >= 0.3 is 0 Å². The fourth-order valence-corrected chi connectivity index (χ4v) is 2.86. The van der Waals surface area contributed by atoms with Crippen LogP contribution in [0, 0.1) is 0 Å². The van der Waals surface area contributed by atoms with Gasteiger partial charge in [-0.25, -0.2) is 0 Å². The summed E-state index contributed by atoms with van der Waals surface area (Å²) in [6.45, 7) is 7.46. The highest BCUT2D eigenvalue weighted by Gasteiger charge is 2.13. The van der Waals surface area contributed by atoms with E-state index in [1.165, 1.54) is 0 Å². The second-order valence-corrected chi connectivity index (χ2v) is 5.93. The van der Waals surface area contributed by atoms with Gasteiger partial charge in [0.1, 0.15) is 11.5 Å². The van der Waals surface area contributed by atoms with E-state index in [0.717, 1.165) is 22.3 Å². The Hall–Kier alpha value is -3.40. The zero-order valence-corrected chi connectivity index (χ0v) is 14.4. The lowest BCUT2D eigenvalue weighted by atomic mass is 9.98. The van der Waals surface area contributed by atoms with Crippen LogP contribution < -0.4 is 0 Å². The quantitative estimate of drug-likeness (QED) is 0.637. The minimum absolute atomic E-state index is 0.233. The van der Waals surface area contributed by atoms with E-state index in [4.69, 9.17) is 0 Å². The number of aromatic hydroxyl groups is 2. The molecule has 4 heteroatoms. The summed E-state index contributed by atoms with van der Waals surface area (Å²) in [5.41, 5.74) is 4.72. The molecule has 2 aromatic carbocycles. The van der Waals surface area contributed by atoms with Crippen LogP contribution in [0.2, 0.25) is 0 Å². The van der Waals surface area contributed by atoms with Crippen molar-refractivity contribution in [3.8, 4) is 34.0 Å². The molecule has 0 unspecified atom stereocenters. The number of hydrogen-bond donors (Lipinski definition) is 2. The first-order chi connectivity index (χ1) is 12.6. The molecule has 26 heavy (non-hydrogen) atoms. The molecule has 0 aliphatic carbocycles. The highest BCUT2D eigenvalue weighted by molar-refractivity contribution is 5.79. The van der Waals surface area contributed by atoms with Crippen molar-refractivity contribution in [2.24, 2.45) is 0 Å². The molecule has 0 saturated heterocycles. The van der Waals surface area contributed by atoms with Crippen molar-refractivity contribution in [2.45, 2.75) is 12.8 Å². The number of nitrogens with zero attached hydrogens (tertiary/aromatic N) is 2. The van der Waals surface area contributed by atoms with Crippen LogP contribution >= 0.6 is 0 Å². The van der Waals surface area contributed by atoms with Crippen molar-refractivity contribution in [1.29, 1.82) is 0 Å². The Bertz CT molecular complexity index is 886. The van der Waals surface area contributed by atoms with Gasteiger partial charge in [0.25, 0.3) is 0 Å². The van der Waals surface area contributed by atoms with Crippen LogP contribution in [0.5, 0.6) is 11.5 Å². The molecule has 0 spiro atoms. The molecule has 3 rings (SSSR count). The summed E-state index contributed by atoms with van der Waals surface area (Å²) in [5, 5.41) is 20.0. The minimum Gasteiger partial charge on any atom is -0.508 e. The van der Waals surface area contributed by atoms with E-state index in [0.29, 0.717) is 24.2 Å². The highest BCUT2D eigenvalue weighted by Crippen LogP contribution is 2.33. The smallest absolute Gasteiger partial charge is 0.119 e. The van der Waals surface area contributed by atoms with Gasteiger partial charge in [-0.1, -0.05) is 12.2 Å². The molecule has 0 bridgehead atoms. The van der Waals surface area contributed by atoms with Gasteiger partial charge in [0.15, 0.2) is 0 Å². The Morgan fingerprint density at radius 3 is 1.54 bits per heavy atom. The van der Waals surface area contributed by atoms with E-state index in [1.54, 1.807) is 36.7 Å². The Morgan fingerprint density at radius 1 is 0.731 bits per heavy atom. The van der Waals surface area contributed by atoms with Crippen molar-refractivity contribution >= 4 is 0 Å². The predicted molar refractivity (Wildman–Crippen MR) is 104 cm³/mol. The van der Waals surface area contributed by atoms with Crippen LogP contribution in [0.4, 0.5) is 0 Å². The largest absolute Gasteiger partial charge is 0.508 e. The second-order valence-electron chi connectivity index (χ2n) is 5.93. The van der Waals surface area contributed by atoms with Gasteiger partial charge in [-0.3, -0.25) is 9.97 Å². The van der Waals surface area contributed by atoms with Crippen molar-refractivity contribution < 1.29 is 10.2 Å². The molecule has 1 aromatic heterocycles. The number of phenolic OH excluding ortho intramolecular Hbond substituents is 2. The number of rotatable bonds is 6. The number of aromatic nitrogens is 2. The molecule has 130 valence electrons. The van der Waals surface area contributed by atoms with Crippen LogP contribution in [0.15, 0.2) is 74.1 Å². The molecule has 0 aliphatic heterocycles. The summed E-state index contributed by atoms with van der Waals surface area (Å²) in [4.78, 5) is 9.00. The van der Waals surface area contributed by atoms with E-state index in [1.807, 2.05) is 24.3 Å². The molecule has 4 nitrogen and oxygen atoms in total. The number of hydrogen-bond acceptors (Lipinski definition) is 4. The maximum Gasteiger partial charge on any atom is 0.119 e. The number of phenols is 2.